The van der Waals surface area contributed by atoms with Gasteiger partial charge >= 0.3 is 0 Å². The highest BCUT2D eigenvalue weighted by Crippen LogP contribution is 2.32. The molecule has 0 radical (unpaired) electrons. The summed E-state index contributed by atoms with van der Waals surface area (Å²) in [7, 11) is 0. The Balaban J connectivity index is 1.63. The van der Waals surface area contributed by atoms with Crippen LogP contribution in [0.3, 0.4) is 0 Å². The minimum atomic E-state index is -0.386. The van der Waals surface area contributed by atoms with Crippen LogP contribution in [-0.4, -0.2) is 66.0 Å². The second-order valence-corrected chi connectivity index (χ2v) is 5.83. The molecule has 2 aliphatic heterocycles. The van der Waals surface area contributed by atoms with Gasteiger partial charge in [-0.15, -0.1) is 0 Å². The van der Waals surface area contributed by atoms with Crippen LogP contribution < -0.4 is 4.90 Å². The van der Waals surface area contributed by atoms with Crippen LogP contribution in [0.25, 0.3) is 0 Å². The molecule has 0 bridgehead atoms. The first-order valence-electron chi connectivity index (χ1n) is 8.31. The van der Waals surface area contributed by atoms with E-state index in [-0.39, 0.29) is 11.7 Å². The summed E-state index contributed by atoms with van der Waals surface area (Å²) < 4.78 is 11.5. The molecule has 7 nitrogen and oxygen atoms in total. The molecule has 1 aromatic heterocycles. The summed E-state index contributed by atoms with van der Waals surface area (Å²) in [6, 6.07) is 0. The molecular weight excluding hydrogens is 296 g/mol. The van der Waals surface area contributed by atoms with Gasteiger partial charge in [-0.05, 0) is 13.8 Å². The van der Waals surface area contributed by atoms with Crippen LogP contribution in [0, 0.1) is 0 Å². The van der Waals surface area contributed by atoms with Gasteiger partial charge < -0.3 is 19.3 Å². The monoisotopic (exact) mass is 320 g/mol. The van der Waals surface area contributed by atoms with E-state index >= 15 is 0 Å². The van der Waals surface area contributed by atoms with Crippen molar-refractivity contribution in [3.05, 3.63) is 18.1 Å². The zero-order valence-electron chi connectivity index (χ0n) is 13.8. The standard InChI is InChI=1S/C16H24N4O3/c1-3-19(4-2)15(21)13-11-18-14(12-17-13)20-7-5-16(6-8-20)22-9-10-23-16/h11-12H,3-10H2,1-2H3. The minimum Gasteiger partial charge on any atom is -0.355 e. The maximum atomic E-state index is 12.2. The predicted octanol–water partition coefficient (Wildman–Crippen LogP) is 1.30. The maximum Gasteiger partial charge on any atom is 0.274 e. The summed E-state index contributed by atoms with van der Waals surface area (Å²) in [5, 5.41) is 0. The average molecular weight is 320 g/mol. The normalized spacial score (nSPS) is 20.0. The van der Waals surface area contributed by atoms with E-state index in [1.165, 1.54) is 0 Å². The van der Waals surface area contributed by atoms with Crippen molar-refractivity contribution in [1.82, 2.24) is 14.9 Å². The van der Waals surface area contributed by atoms with Crippen LogP contribution in [0.15, 0.2) is 12.4 Å². The number of piperidine rings is 1. The maximum absolute atomic E-state index is 12.2. The first kappa shape index (κ1) is 16.1. The number of carbonyl (C=O) groups is 1. The molecule has 0 aliphatic carbocycles. The number of ether oxygens (including phenoxy) is 2. The molecule has 0 N–H and O–H groups in total. The Kier molecular flexibility index (Phi) is 4.77. The summed E-state index contributed by atoms with van der Waals surface area (Å²) in [4.78, 5) is 24.9. The third kappa shape index (κ3) is 3.30. The molecule has 2 fully saturated rings. The van der Waals surface area contributed by atoms with E-state index in [0.717, 1.165) is 31.7 Å². The summed E-state index contributed by atoms with van der Waals surface area (Å²) in [6.07, 6.45) is 4.91. The predicted molar refractivity (Wildman–Crippen MR) is 85.4 cm³/mol. The van der Waals surface area contributed by atoms with E-state index < -0.39 is 0 Å². The molecule has 1 amide bonds. The number of hydrogen-bond acceptors (Lipinski definition) is 6. The van der Waals surface area contributed by atoms with Gasteiger partial charge in [0.05, 0.1) is 25.6 Å². The average Bonchev–Trinajstić information content (AvgIpc) is 3.05. The van der Waals surface area contributed by atoms with E-state index in [9.17, 15) is 4.79 Å². The Morgan fingerprint density at radius 1 is 1.17 bits per heavy atom. The van der Waals surface area contributed by atoms with Gasteiger partial charge in [-0.3, -0.25) is 4.79 Å². The summed E-state index contributed by atoms with van der Waals surface area (Å²) in [6.45, 7) is 8.26. The van der Waals surface area contributed by atoms with Crippen LogP contribution >= 0.6 is 0 Å². The van der Waals surface area contributed by atoms with Gasteiger partial charge in [-0.25, -0.2) is 9.97 Å². The van der Waals surface area contributed by atoms with E-state index in [0.29, 0.717) is 32.0 Å². The molecule has 0 atom stereocenters. The van der Waals surface area contributed by atoms with E-state index in [1.54, 1.807) is 17.3 Å². The summed E-state index contributed by atoms with van der Waals surface area (Å²) in [5.74, 6) is 0.344. The molecule has 0 unspecified atom stereocenters. The van der Waals surface area contributed by atoms with Crippen molar-refractivity contribution in [3.8, 4) is 0 Å². The van der Waals surface area contributed by atoms with E-state index in [4.69, 9.17) is 9.47 Å². The van der Waals surface area contributed by atoms with Crippen molar-refractivity contribution in [1.29, 1.82) is 0 Å². The van der Waals surface area contributed by atoms with Crippen molar-refractivity contribution >= 4 is 11.7 Å². The van der Waals surface area contributed by atoms with E-state index in [2.05, 4.69) is 14.9 Å². The zero-order chi connectivity index (χ0) is 16.3. The van der Waals surface area contributed by atoms with Gasteiger partial charge in [-0.2, -0.15) is 0 Å². The Bertz CT molecular complexity index is 529. The Morgan fingerprint density at radius 2 is 1.83 bits per heavy atom. The van der Waals surface area contributed by atoms with E-state index in [1.807, 2.05) is 13.8 Å². The number of hydrogen-bond donors (Lipinski definition) is 0. The van der Waals surface area contributed by atoms with Crippen molar-refractivity contribution < 1.29 is 14.3 Å². The lowest BCUT2D eigenvalue weighted by Gasteiger charge is -2.37. The van der Waals surface area contributed by atoms with Gasteiger partial charge in [0.15, 0.2) is 5.79 Å². The van der Waals surface area contributed by atoms with Crippen molar-refractivity contribution in [2.75, 3.05) is 44.3 Å². The number of nitrogens with zero attached hydrogens (tertiary/aromatic N) is 4. The molecule has 7 heteroatoms. The lowest BCUT2D eigenvalue weighted by molar-refractivity contribution is -0.169. The third-order valence-corrected chi connectivity index (χ3v) is 4.57. The number of aromatic nitrogens is 2. The van der Waals surface area contributed by atoms with Gasteiger partial charge in [-0.1, -0.05) is 0 Å². The molecule has 23 heavy (non-hydrogen) atoms. The third-order valence-electron chi connectivity index (χ3n) is 4.57. The fraction of sp³-hybridized carbons (Fsp3) is 0.688. The molecule has 2 aliphatic rings. The highest BCUT2D eigenvalue weighted by molar-refractivity contribution is 5.92. The van der Waals surface area contributed by atoms with Crippen LogP contribution in [0.4, 0.5) is 5.82 Å². The number of rotatable bonds is 4. The van der Waals surface area contributed by atoms with Crippen molar-refractivity contribution in [3.63, 3.8) is 0 Å². The van der Waals surface area contributed by atoms with Crippen LogP contribution in [-0.2, 0) is 9.47 Å². The second-order valence-electron chi connectivity index (χ2n) is 5.83. The number of carbonyl (C=O) groups excluding carboxylic acids is 1. The quantitative estimate of drug-likeness (QED) is 0.833. The molecule has 2 saturated heterocycles. The fourth-order valence-corrected chi connectivity index (χ4v) is 3.13. The highest BCUT2D eigenvalue weighted by atomic mass is 16.7. The topological polar surface area (TPSA) is 67.8 Å². The first-order chi connectivity index (χ1) is 11.2. The van der Waals surface area contributed by atoms with Crippen LogP contribution in [0.1, 0.15) is 37.2 Å². The highest BCUT2D eigenvalue weighted by Gasteiger charge is 2.40. The largest absolute Gasteiger partial charge is 0.355 e. The smallest absolute Gasteiger partial charge is 0.274 e. The summed E-state index contributed by atoms with van der Waals surface area (Å²) >= 11 is 0. The molecule has 1 spiro atoms. The zero-order valence-corrected chi connectivity index (χ0v) is 13.8. The lowest BCUT2D eigenvalue weighted by Crippen LogP contribution is -2.45. The summed E-state index contributed by atoms with van der Waals surface area (Å²) in [5.41, 5.74) is 0.397. The van der Waals surface area contributed by atoms with Gasteiger partial charge in [0.25, 0.3) is 5.91 Å². The molecule has 0 aromatic carbocycles. The molecule has 126 valence electrons. The molecule has 3 rings (SSSR count). The first-order valence-corrected chi connectivity index (χ1v) is 8.31. The Morgan fingerprint density at radius 3 is 2.35 bits per heavy atom. The van der Waals surface area contributed by atoms with Crippen molar-refractivity contribution in [2.24, 2.45) is 0 Å². The number of amides is 1. The molecule has 1 aromatic rings. The second kappa shape index (κ2) is 6.80. The van der Waals surface area contributed by atoms with Crippen LogP contribution in [0.2, 0.25) is 0 Å². The minimum absolute atomic E-state index is 0.0700. The molecule has 0 saturated carbocycles. The van der Waals surface area contributed by atoms with Gasteiger partial charge in [0.2, 0.25) is 0 Å². The van der Waals surface area contributed by atoms with Crippen LogP contribution in [0.5, 0.6) is 0 Å². The molecular formula is C16H24N4O3. The Hall–Kier alpha value is -1.73. The van der Waals surface area contributed by atoms with Gasteiger partial charge in [0, 0.05) is 39.0 Å². The SMILES string of the molecule is CCN(CC)C(=O)c1cnc(N2CCC3(CC2)OCCO3)cn1. The Labute approximate surface area is 136 Å². The number of anilines is 1. The lowest BCUT2D eigenvalue weighted by atomic mass is 10.0. The van der Waals surface area contributed by atoms with Gasteiger partial charge in [0.1, 0.15) is 11.5 Å². The fourth-order valence-electron chi connectivity index (χ4n) is 3.13. The van der Waals surface area contributed by atoms with Crippen molar-refractivity contribution in [2.45, 2.75) is 32.5 Å². The molecule has 3 heterocycles.